The number of hydrogen-bond acceptors (Lipinski definition) is 4. The molecule has 0 spiro atoms. The SMILES string of the molecule is O=C(Nc1cccc(CN2C(=O)CNC2=O)c1)c1cccc(N2CCNC2=O)c1. The van der Waals surface area contributed by atoms with Gasteiger partial charge in [-0.25, -0.2) is 9.59 Å². The molecule has 2 aliphatic rings. The summed E-state index contributed by atoms with van der Waals surface area (Å²) in [6.45, 7) is 1.25. The van der Waals surface area contributed by atoms with Crippen molar-refractivity contribution in [3.05, 3.63) is 59.7 Å². The standard InChI is InChI=1S/C20H19N5O4/c26-17-11-22-20(29)25(17)12-13-3-1-5-15(9-13)23-18(27)14-4-2-6-16(10-14)24-8-7-21-19(24)28/h1-6,9-10H,7-8,11-12H2,(H,21,28)(H,22,29)(H,23,27). The van der Waals surface area contributed by atoms with Crippen LogP contribution in [0, 0.1) is 0 Å². The zero-order chi connectivity index (χ0) is 20.4. The van der Waals surface area contributed by atoms with Gasteiger partial charge in [0.25, 0.3) is 5.91 Å². The lowest BCUT2D eigenvalue weighted by Gasteiger charge is -2.15. The number of hydrogen-bond donors (Lipinski definition) is 3. The Morgan fingerprint density at radius 3 is 2.55 bits per heavy atom. The Morgan fingerprint density at radius 1 is 1.00 bits per heavy atom. The highest BCUT2D eigenvalue weighted by Crippen LogP contribution is 2.20. The molecule has 0 bridgehead atoms. The number of nitrogens with one attached hydrogen (secondary N) is 3. The second-order valence-electron chi connectivity index (χ2n) is 6.73. The van der Waals surface area contributed by atoms with Crippen molar-refractivity contribution in [1.82, 2.24) is 15.5 Å². The van der Waals surface area contributed by atoms with Crippen LogP contribution in [0.3, 0.4) is 0 Å². The fourth-order valence-corrected chi connectivity index (χ4v) is 3.28. The van der Waals surface area contributed by atoms with Gasteiger partial charge in [0.1, 0.15) is 0 Å². The van der Waals surface area contributed by atoms with Gasteiger partial charge in [-0.1, -0.05) is 18.2 Å². The smallest absolute Gasteiger partial charge is 0.324 e. The molecule has 4 rings (SSSR count). The number of amides is 6. The summed E-state index contributed by atoms with van der Waals surface area (Å²) in [5, 5.41) is 8.02. The fourth-order valence-electron chi connectivity index (χ4n) is 3.28. The van der Waals surface area contributed by atoms with E-state index >= 15 is 0 Å². The molecule has 2 aromatic rings. The molecule has 2 fully saturated rings. The number of benzene rings is 2. The van der Waals surface area contributed by atoms with Crippen molar-refractivity contribution in [2.45, 2.75) is 6.54 Å². The lowest BCUT2D eigenvalue weighted by atomic mass is 10.1. The second-order valence-corrected chi connectivity index (χ2v) is 6.73. The van der Waals surface area contributed by atoms with E-state index in [2.05, 4.69) is 16.0 Å². The summed E-state index contributed by atoms with van der Waals surface area (Å²) in [6.07, 6.45) is 0. The van der Waals surface area contributed by atoms with E-state index in [9.17, 15) is 19.2 Å². The van der Waals surface area contributed by atoms with E-state index in [-0.39, 0.29) is 30.9 Å². The van der Waals surface area contributed by atoms with Crippen molar-refractivity contribution in [2.24, 2.45) is 0 Å². The van der Waals surface area contributed by atoms with Gasteiger partial charge in [0.05, 0.1) is 13.1 Å². The number of anilines is 2. The molecule has 9 nitrogen and oxygen atoms in total. The van der Waals surface area contributed by atoms with Crippen LogP contribution >= 0.6 is 0 Å². The van der Waals surface area contributed by atoms with E-state index in [1.807, 2.05) is 0 Å². The third kappa shape index (κ3) is 3.88. The third-order valence-electron chi connectivity index (χ3n) is 4.74. The van der Waals surface area contributed by atoms with Gasteiger partial charge in [-0.2, -0.15) is 0 Å². The van der Waals surface area contributed by atoms with Crippen LogP contribution in [-0.4, -0.2) is 48.4 Å². The first kappa shape index (κ1) is 18.5. The molecular formula is C20H19N5O4. The highest BCUT2D eigenvalue weighted by atomic mass is 16.2. The molecular weight excluding hydrogens is 374 g/mol. The molecule has 3 N–H and O–H groups in total. The normalized spacial score (nSPS) is 16.1. The first-order valence-corrected chi connectivity index (χ1v) is 9.15. The molecule has 0 atom stereocenters. The molecule has 0 aliphatic carbocycles. The number of carbonyl (C=O) groups is 4. The molecule has 6 amide bonds. The van der Waals surface area contributed by atoms with Crippen molar-refractivity contribution >= 4 is 35.3 Å². The maximum atomic E-state index is 12.7. The molecule has 2 aromatic carbocycles. The number of nitrogens with zero attached hydrogens (tertiary/aromatic N) is 2. The lowest BCUT2D eigenvalue weighted by molar-refractivity contribution is -0.125. The average molecular weight is 393 g/mol. The van der Waals surface area contributed by atoms with E-state index in [0.717, 1.165) is 10.5 Å². The molecule has 0 saturated carbocycles. The van der Waals surface area contributed by atoms with E-state index in [0.29, 0.717) is 30.0 Å². The Bertz CT molecular complexity index is 990. The highest BCUT2D eigenvalue weighted by Gasteiger charge is 2.28. The van der Waals surface area contributed by atoms with E-state index in [1.54, 1.807) is 53.4 Å². The predicted octanol–water partition coefficient (Wildman–Crippen LogP) is 1.52. The van der Waals surface area contributed by atoms with Crippen molar-refractivity contribution in [2.75, 3.05) is 29.9 Å². The molecule has 0 unspecified atom stereocenters. The predicted molar refractivity (Wildman–Crippen MR) is 106 cm³/mol. The van der Waals surface area contributed by atoms with E-state index < -0.39 is 6.03 Å². The topological polar surface area (TPSA) is 111 Å². The molecule has 0 aromatic heterocycles. The zero-order valence-electron chi connectivity index (χ0n) is 15.5. The quantitative estimate of drug-likeness (QED) is 0.669. The maximum Gasteiger partial charge on any atom is 0.324 e. The van der Waals surface area contributed by atoms with Gasteiger partial charge in [0.15, 0.2) is 0 Å². The Hall–Kier alpha value is -3.88. The molecule has 29 heavy (non-hydrogen) atoms. The summed E-state index contributed by atoms with van der Waals surface area (Å²) in [5.74, 6) is -0.606. The van der Waals surface area contributed by atoms with Gasteiger partial charge in [-0.15, -0.1) is 0 Å². The first-order valence-electron chi connectivity index (χ1n) is 9.15. The molecule has 0 radical (unpaired) electrons. The minimum atomic E-state index is -0.424. The van der Waals surface area contributed by atoms with Crippen molar-refractivity contribution in [1.29, 1.82) is 0 Å². The monoisotopic (exact) mass is 393 g/mol. The zero-order valence-corrected chi connectivity index (χ0v) is 15.5. The Balaban J connectivity index is 1.47. The molecule has 2 saturated heterocycles. The van der Waals surface area contributed by atoms with E-state index in [1.165, 1.54) is 0 Å². The van der Waals surface area contributed by atoms with Gasteiger partial charge in [-0.3, -0.25) is 19.4 Å². The summed E-state index contributed by atoms with van der Waals surface area (Å²) in [4.78, 5) is 50.6. The van der Waals surface area contributed by atoms with Crippen molar-refractivity contribution < 1.29 is 19.2 Å². The lowest BCUT2D eigenvalue weighted by Crippen LogP contribution is -2.30. The van der Waals surface area contributed by atoms with Crippen LogP contribution in [0.25, 0.3) is 0 Å². The minimum absolute atomic E-state index is 0.000636. The molecule has 148 valence electrons. The summed E-state index contributed by atoms with van der Waals surface area (Å²) >= 11 is 0. The van der Waals surface area contributed by atoms with Gasteiger partial charge in [0.2, 0.25) is 5.91 Å². The summed E-state index contributed by atoms with van der Waals surface area (Å²) < 4.78 is 0. The number of imide groups is 1. The van der Waals surface area contributed by atoms with Crippen LogP contribution in [0.5, 0.6) is 0 Å². The van der Waals surface area contributed by atoms with Gasteiger partial charge in [-0.05, 0) is 35.9 Å². The van der Waals surface area contributed by atoms with Crippen LogP contribution in [0.1, 0.15) is 15.9 Å². The minimum Gasteiger partial charge on any atom is -0.336 e. The molecule has 2 aliphatic heterocycles. The summed E-state index contributed by atoms with van der Waals surface area (Å²) in [7, 11) is 0. The average Bonchev–Trinajstić information content (AvgIpc) is 3.29. The van der Waals surface area contributed by atoms with Crippen LogP contribution in [-0.2, 0) is 11.3 Å². The Labute approximate surface area is 166 Å². The summed E-state index contributed by atoms with van der Waals surface area (Å²) in [6, 6.07) is 13.2. The number of urea groups is 2. The number of rotatable bonds is 5. The third-order valence-corrected chi connectivity index (χ3v) is 4.74. The first-order chi connectivity index (χ1) is 14.0. The van der Waals surface area contributed by atoms with Crippen LogP contribution in [0.15, 0.2) is 48.5 Å². The van der Waals surface area contributed by atoms with Gasteiger partial charge in [0, 0.05) is 30.0 Å². The van der Waals surface area contributed by atoms with Crippen molar-refractivity contribution in [3.8, 4) is 0 Å². The van der Waals surface area contributed by atoms with Crippen molar-refractivity contribution in [3.63, 3.8) is 0 Å². The van der Waals surface area contributed by atoms with Crippen LogP contribution < -0.4 is 20.9 Å². The fraction of sp³-hybridized carbons (Fsp3) is 0.200. The maximum absolute atomic E-state index is 12.7. The number of carbonyl (C=O) groups excluding carboxylic acids is 4. The molecule has 9 heteroatoms. The Morgan fingerprint density at radius 2 is 1.83 bits per heavy atom. The summed E-state index contributed by atoms with van der Waals surface area (Å²) in [5.41, 5.74) is 2.33. The van der Waals surface area contributed by atoms with Gasteiger partial charge < -0.3 is 16.0 Å². The van der Waals surface area contributed by atoms with Crippen LogP contribution in [0.2, 0.25) is 0 Å². The van der Waals surface area contributed by atoms with Gasteiger partial charge >= 0.3 is 12.1 Å². The van der Waals surface area contributed by atoms with Crippen LogP contribution in [0.4, 0.5) is 21.0 Å². The molecule has 2 heterocycles. The largest absolute Gasteiger partial charge is 0.336 e. The highest BCUT2D eigenvalue weighted by molar-refractivity contribution is 6.06. The second kappa shape index (κ2) is 7.63. The Kier molecular flexibility index (Phi) is 4.86. The van der Waals surface area contributed by atoms with E-state index in [4.69, 9.17) is 0 Å².